The quantitative estimate of drug-likeness (QED) is 0.638. The Morgan fingerprint density at radius 1 is 1.03 bits per heavy atom. The highest BCUT2D eigenvalue weighted by molar-refractivity contribution is 5.82. The molecule has 0 radical (unpaired) electrons. The second kappa shape index (κ2) is 9.56. The molecule has 1 fully saturated rings. The molecule has 4 atom stereocenters. The Labute approximate surface area is 204 Å². The topological polar surface area (TPSA) is 95.9 Å². The summed E-state index contributed by atoms with van der Waals surface area (Å²) in [6, 6.07) is 16.1. The monoisotopic (exact) mass is 474 g/mol. The van der Waals surface area contributed by atoms with Crippen molar-refractivity contribution in [3.05, 3.63) is 71.8 Å². The molecule has 5 rings (SSSR count). The number of allylic oxidation sites excluding steroid dienone is 1. The summed E-state index contributed by atoms with van der Waals surface area (Å²) in [7, 11) is 0. The zero-order chi connectivity index (χ0) is 24.5. The third-order valence-electron chi connectivity index (χ3n) is 7.56. The van der Waals surface area contributed by atoms with Crippen LogP contribution in [0.15, 0.2) is 60.7 Å². The first-order valence-electron chi connectivity index (χ1n) is 12.2. The minimum absolute atomic E-state index is 0.0105. The van der Waals surface area contributed by atoms with Crippen molar-refractivity contribution < 1.29 is 24.2 Å². The van der Waals surface area contributed by atoms with Crippen LogP contribution < -0.4 is 5.32 Å². The van der Waals surface area contributed by atoms with Crippen LogP contribution >= 0.6 is 0 Å². The number of carboxylic acid groups (broad SMARTS) is 1. The number of nitrogens with one attached hydrogen (secondary N) is 1. The lowest BCUT2D eigenvalue weighted by Gasteiger charge is -2.28. The van der Waals surface area contributed by atoms with Crippen molar-refractivity contribution in [3.63, 3.8) is 0 Å². The molecule has 2 N–H and O–H groups in total. The van der Waals surface area contributed by atoms with Crippen LogP contribution in [0.4, 0.5) is 4.79 Å². The lowest BCUT2D eigenvalue weighted by molar-refractivity contribution is -0.142. The van der Waals surface area contributed by atoms with Crippen molar-refractivity contribution in [2.75, 3.05) is 19.7 Å². The van der Waals surface area contributed by atoms with E-state index >= 15 is 0 Å². The molecule has 35 heavy (non-hydrogen) atoms. The molecule has 7 nitrogen and oxygen atoms in total. The lowest BCUT2D eigenvalue weighted by atomic mass is 9.90. The third-order valence-corrected chi connectivity index (χ3v) is 7.56. The molecule has 0 bridgehead atoms. The van der Waals surface area contributed by atoms with Crippen LogP contribution in [0.25, 0.3) is 11.1 Å². The van der Waals surface area contributed by atoms with Crippen molar-refractivity contribution in [3.8, 4) is 11.1 Å². The highest BCUT2D eigenvalue weighted by atomic mass is 16.5. The van der Waals surface area contributed by atoms with Gasteiger partial charge in [-0.2, -0.15) is 0 Å². The van der Waals surface area contributed by atoms with Gasteiger partial charge in [0.1, 0.15) is 6.61 Å². The molecule has 0 aromatic heterocycles. The Balaban J connectivity index is 1.17. The summed E-state index contributed by atoms with van der Waals surface area (Å²) >= 11 is 0. The van der Waals surface area contributed by atoms with Gasteiger partial charge in [0.2, 0.25) is 5.91 Å². The number of likely N-dealkylation sites (tertiary alicyclic amines) is 1. The fourth-order valence-electron chi connectivity index (χ4n) is 5.71. The summed E-state index contributed by atoms with van der Waals surface area (Å²) in [4.78, 5) is 38.8. The molecule has 2 amide bonds. The van der Waals surface area contributed by atoms with Crippen molar-refractivity contribution in [2.24, 2.45) is 17.8 Å². The van der Waals surface area contributed by atoms with Crippen LogP contribution in [0.5, 0.6) is 0 Å². The Morgan fingerprint density at radius 2 is 1.69 bits per heavy atom. The van der Waals surface area contributed by atoms with Gasteiger partial charge < -0.3 is 20.1 Å². The van der Waals surface area contributed by atoms with E-state index in [1.165, 1.54) is 11.1 Å². The molecule has 2 aromatic carbocycles. The fourth-order valence-corrected chi connectivity index (χ4v) is 5.71. The normalized spacial score (nSPS) is 25.1. The third kappa shape index (κ3) is 4.55. The number of carbonyl (C=O) groups excluding carboxylic acids is 2. The zero-order valence-corrected chi connectivity index (χ0v) is 19.7. The second-order valence-electron chi connectivity index (χ2n) is 9.84. The van der Waals surface area contributed by atoms with Crippen LogP contribution in [0.2, 0.25) is 0 Å². The SMILES string of the molecule is CC1CN(C(=O)[C@@H]2CC=C[C@@H](NC(=O)OCC3c4ccccc4-c4ccccc43)C2)CC1C(=O)O. The van der Waals surface area contributed by atoms with Crippen molar-refractivity contribution in [2.45, 2.75) is 31.7 Å². The van der Waals surface area contributed by atoms with Crippen LogP contribution in [-0.2, 0) is 14.3 Å². The van der Waals surface area contributed by atoms with E-state index in [0.29, 0.717) is 19.4 Å². The number of fused-ring (bicyclic) bond motifs is 3. The standard InChI is InChI=1S/C28H30N2O5/c1-17-14-30(15-24(17)27(32)33)26(31)18-7-6-8-19(13-18)29-28(34)35-16-25-22-11-4-2-9-20(22)21-10-3-5-12-23(21)25/h2-6,8-12,17-19,24-25H,7,13-16H2,1H3,(H,29,34)(H,32,33)/t17?,18-,19-,24?/m1/s1. The smallest absolute Gasteiger partial charge is 0.407 e. The van der Waals surface area contributed by atoms with Gasteiger partial charge in [0.25, 0.3) is 0 Å². The number of alkyl carbamates (subject to hydrolysis) is 1. The van der Waals surface area contributed by atoms with Gasteiger partial charge in [0, 0.05) is 24.9 Å². The van der Waals surface area contributed by atoms with Crippen LogP contribution in [0.3, 0.4) is 0 Å². The average Bonchev–Trinajstić information content (AvgIpc) is 3.41. The molecular weight excluding hydrogens is 444 g/mol. The van der Waals surface area contributed by atoms with Gasteiger partial charge in [-0.3, -0.25) is 9.59 Å². The minimum Gasteiger partial charge on any atom is -0.481 e. The van der Waals surface area contributed by atoms with Gasteiger partial charge in [-0.1, -0.05) is 67.6 Å². The number of carbonyl (C=O) groups is 3. The summed E-state index contributed by atoms with van der Waals surface area (Å²) in [5.41, 5.74) is 4.67. The number of aliphatic carboxylic acids is 1. The molecule has 2 unspecified atom stereocenters. The van der Waals surface area contributed by atoms with Gasteiger partial charge in [0.15, 0.2) is 0 Å². The highest BCUT2D eigenvalue weighted by Crippen LogP contribution is 2.44. The average molecular weight is 475 g/mol. The van der Waals surface area contributed by atoms with Gasteiger partial charge in [-0.25, -0.2) is 4.79 Å². The number of hydrogen-bond acceptors (Lipinski definition) is 4. The summed E-state index contributed by atoms with van der Waals surface area (Å²) in [5, 5.41) is 12.3. The molecule has 2 aromatic rings. The fraction of sp³-hybridized carbons (Fsp3) is 0.393. The van der Waals surface area contributed by atoms with E-state index in [1.807, 2.05) is 43.3 Å². The molecule has 0 saturated carbocycles. The number of carboxylic acids is 1. The molecule has 3 aliphatic rings. The van der Waals surface area contributed by atoms with E-state index in [4.69, 9.17) is 4.74 Å². The molecular formula is C28H30N2O5. The summed E-state index contributed by atoms with van der Waals surface area (Å²) in [5.74, 6) is -1.77. The molecule has 182 valence electrons. The highest BCUT2D eigenvalue weighted by Gasteiger charge is 2.39. The molecule has 1 saturated heterocycles. The van der Waals surface area contributed by atoms with Crippen LogP contribution in [-0.4, -0.2) is 53.7 Å². The number of rotatable bonds is 5. The van der Waals surface area contributed by atoms with E-state index in [2.05, 4.69) is 29.6 Å². The molecule has 1 heterocycles. The first-order chi connectivity index (χ1) is 16.9. The molecule has 2 aliphatic carbocycles. The number of hydrogen-bond donors (Lipinski definition) is 2. The molecule has 7 heteroatoms. The van der Waals surface area contributed by atoms with E-state index in [-0.39, 0.29) is 42.9 Å². The Bertz CT molecular complexity index is 1130. The maximum absolute atomic E-state index is 13.0. The van der Waals surface area contributed by atoms with E-state index in [9.17, 15) is 19.5 Å². The first-order valence-corrected chi connectivity index (χ1v) is 12.2. The predicted octanol–water partition coefficient (Wildman–Crippen LogP) is 4.04. The maximum atomic E-state index is 13.0. The van der Waals surface area contributed by atoms with Crippen molar-refractivity contribution in [1.82, 2.24) is 10.2 Å². The zero-order valence-electron chi connectivity index (χ0n) is 19.7. The van der Waals surface area contributed by atoms with E-state index in [1.54, 1.807) is 4.90 Å². The summed E-state index contributed by atoms with van der Waals surface area (Å²) in [6.45, 7) is 2.82. The number of ether oxygens (including phenoxy) is 1. The van der Waals surface area contributed by atoms with E-state index in [0.717, 1.165) is 11.1 Å². The molecule has 0 spiro atoms. The number of benzene rings is 2. The summed E-state index contributed by atoms with van der Waals surface area (Å²) in [6.07, 6.45) is 4.37. The van der Waals surface area contributed by atoms with Crippen LogP contribution in [0, 0.1) is 17.8 Å². The Morgan fingerprint density at radius 3 is 2.31 bits per heavy atom. The Hall–Kier alpha value is -3.61. The predicted molar refractivity (Wildman–Crippen MR) is 131 cm³/mol. The van der Waals surface area contributed by atoms with E-state index < -0.39 is 18.0 Å². The van der Waals surface area contributed by atoms with Crippen molar-refractivity contribution in [1.29, 1.82) is 0 Å². The van der Waals surface area contributed by atoms with Gasteiger partial charge in [-0.15, -0.1) is 0 Å². The van der Waals surface area contributed by atoms with Gasteiger partial charge in [-0.05, 0) is 41.0 Å². The maximum Gasteiger partial charge on any atom is 0.407 e. The second-order valence-corrected chi connectivity index (χ2v) is 9.84. The van der Waals surface area contributed by atoms with Crippen LogP contribution in [0.1, 0.15) is 36.8 Å². The summed E-state index contributed by atoms with van der Waals surface area (Å²) < 4.78 is 5.65. The lowest BCUT2D eigenvalue weighted by Crippen LogP contribution is -2.42. The molecule has 1 aliphatic heterocycles. The first kappa shape index (κ1) is 23.1. The minimum atomic E-state index is -0.855. The van der Waals surface area contributed by atoms with Gasteiger partial charge in [0.05, 0.1) is 12.0 Å². The number of nitrogens with zero attached hydrogens (tertiary/aromatic N) is 1. The van der Waals surface area contributed by atoms with Gasteiger partial charge >= 0.3 is 12.1 Å². The van der Waals surface area contributed by atoms with Crippen molar-refractivity contribution >= 4 is 18.0 Å². The Kier molecular flexibility index (Phi) is 6.32. The largest absolute Gasteiger partial charge is 0.481 e. The number of amides is 2.